The molecular weight excluding hydrogens is 281 g/mol. The molecule has 3 heteroatoms. The van der Waals surface area contributed by atoms with Crippen LogP contribution in [0, 0.1) is 11.7 Å². The Balaban J connectivity index is 1.88. The smallest absolute Gasteiger partial charge is 0.124 e. The molecule has 0 aromatic heterocycles. The fourth-order valence-corrected chi connectivity index (χ4v) is 3.03. The maximum atomic E-state index is 12.9. The van der Waals surface area contributed by atoms with Gasteiger partial charge in [0.25, 0.3) is 0 Å². The van der Waals surface area contributed by atoms with Crippen molar-refractivity contribution in [2.45, 2.75) is 45.2 Å². The third kappa shape index (κ3) is 3.78. The van der Waals surface area contributed by atoms with E-state index in [1.54, 1.807) is 0 Å². The van der Waals surface area contributed by atoms with Crippen molar-refractivity contribution >= 4 is 15.9 Å². The molecule has 0 spiro atoms. The van der Waals surface area contributed by atoms with Crippen LogP contribution in [-0.4, -0.2) is 6.04 Å². The van der Waals surface area contributed by atoms with Crippen LogP contribution in [0.1, 0.15) is 38.2 Å². The van der Waals surface area contributed by atoms with Crippen molar-refractivity contribution in [3.8, 4) is 0 Å². The van der Waals surface area contributed by atoms with Crippen LogP contribution in [0.5, 0.6) is 0 Å². The number of benzene rings is 1. The van der Waals surface area contributed by atoms with Gasteiger partial charge in [0.15, 0.2) is 0 Å². The predicted octanol–water partition coefficient (Wildman–Crippen LogP) is 4.26. The van der Waals surface area contributed by atoms with Gasteiger partial charge in [-0.1, -0.05) is 41.8 Å². The topological polar surface area (TPSA) is 12.0 Å². The van der Waals surface area contributed by atoms with E-state index in [1.807, 2.05) is 6.07 Å². The molecule has 0 amide bonds. The molecule has 2 rings (SSSR count). The van der Waals surface area contributed by atoms with Crippen molar-refractivity contribution in [2.24, 2.45) is 5.92 Å². The second kappa shape index (κ2) is 5.96. The highest BCUT2D eigenvalue weighted by molar-refractivity contribution is 9.10. The Labute approximate surface area is 111 Å². The summed E-state index contributed by atoms with van der Waals surface area (Å²) in [6, 6.07) is 5.51. The third-order valence-corrected chi connectivity index (χ3v) is 4.27. The van der Waals surface area contributed by atoms with Gasteiger partial charge in [0, 0.05) is 17.1 Å². The molecule has 1 aromatic rings. The van der Waals surface area contributed by atoms with E-state index >= 15 is 0 Å². The standard InChI is InChI=1S/C14H19BrFN/c1-10-3-2-4-13(7-10)17-9-11-5-6-12(16)8-14(11)15/h5-6,8,10,13,17H,2-4,7,9H2,1H3. The highest BCUT2D eigenvalue weighted by atomic mass is 79.9. The Morgan fingerprint density at radius 2 is 2.24 bits per heavy atom. The molecule has 0 heterocycles. The van der Waals surface area contributed by atoms with Crippen LogP contribution in [0.15, 0.2) is 22.7 Å². The molecule has 2 atom stereocenters. The van der Waals surface area contributed by atoms with Gasteiger partial charge in [-0.3, -0.25) is 0 Å². The Morgan fingerprint density at radius 3 is 2.94 bits per heavy atom. The van der Waals surface area contributed by atoms with Gasteiger partial charge >= 0.3 is 0 Å². The Morgan fingerprint density at radius 1 is 1.41 bits per heavy atom. The van der Waals surface area contributed by atoms with Gasteiger partial charge in [0.05, 0.1) is 0 Å². The van der Waals surface area contributed by atoms with Gasteiger partial charge in [-0.25, -0.2) is 4.39 Å². The van der Waals surface area contributed by atoms with Crippen LogP contribution in [0.25, 0.3) is 0 Å². The Hall–Kier alpha value is -0.410. The minimum Gasteiger partial charge on any atom is -0.310 e. The van der Waals surface area contributed by atoms with Crippen molar-refractivity contribution in [2.75, 3.05) is 0 Å². The van der Waals surface area contributed by atoms with Crippen molar-refractivity contribution in [3.63, 3.8) is 0 Å². The average Bonchev–Trinajstić information content (AvgIpc) is 2.28. The van der Waals surface area contributed by atoms with E-state index in [1.165, 1.54) is 37.8 Å². The lowest BCUT2D eigenvalue weighted by atomic mass is 9.87. The van der Waals surface area contributed by atoms with E-state index in [9.17, 15) is 4.39 Å². The molecule has 1 saturated carbocycles. The zero-order valence-electron chi connectivity index (χ0n) is 10.2. The quantitative estimate of drug-likeness (QED) is 0.879. The Kier molecular flexibility index (Phi) is 4.57. The number of rotatable bonds is 3. The van der Waals surface area contributed by atoms with Crippen molar-refractivity contribution in [3.05, 3.63) is 34.1 Å². The predicted molar refractivity (Wildman–Crippen MR) is 72.4 cm³/mol. The molecule has 1 fully saturated rings. The largest absolute Gasteiger partial charge is 0.310 e. The van der Waals surface area contributed by atoms with Crippen LogP contribution in [0.2, 0.25) is 0 Å². The summed E-state index contributed by atoms with van der Waals surface area (Å²) in [5, 5.41) is 3.58. The van der Waals surface area contributed by atoms with E-state index in [0.29, 0.717) is 6.04 Å². The van der Waals surface area contributed by atoms with E-state index < -0.39 is 0 Å². The molecule has 1 nitrogen and oxygen atoms in total. The lowest BCUT2D eigenvalue weighted by Crippen LogP contribution is -2.33. The van der Waals surface area contributed by atoms with Crippen LogP contribution < -0.4 is 5.32 Å². The molecule has 1 aliphatic carbocycles. The van der Waals surface area contributed by atoms with Gasteiger partial charge < -0.3 is 5.32 Å². The molecule has 1 aromatic carbocycles. The number of hydrogen-bond acceptors (Lipinski definition) is 1. The second-order valence-corrected chi connectivity index (χ2v) is 5.94. The molecular formula is C14H19BrFN. The normalized spacial score (nSPS) is 24.9. The van der Waals surface area contributed by atoms with Crippen molar-refractivity contribution in [1.82, 2.24) is 5.32 Å². The van der Waals surface area contributed by atoms with E-state index in [-0.39, 0.29) is 5.82 Å². The van der Waals surface area contributed by atoms with Gasteiger partial charge in [0.2, 0.25) is 0 Å². The van der Waals surface area contributed by atoms with Gasteiger partial charge in [0.1, 0.15) is 5.82 Å². The minimum atomic E-state index is -0.188. The molecule has 0 bridgehead atoms. The van der Waals surface area contributed by atoms with E-state index in [2.05, 4.69) is 28.2 Å². The molecule has 1 N–H and O–H groups in total. The first-order valence-electron chi connectivity index (χ1n) is 6.32. The summed E-state index contributed by atoms with van der Waals surface area (Å²) in [4.78, 5) is 0. The van der Waals surface area contributed by atoms with Gasteiger partial charge in [-0.15, -0.1) is 0 Å². The SMILES string of the molecule is CC1CCCC(NCc2ccc(F)cc2Br)C1. The van der Waals surface area contributed by atoms with E-state index in [0.717, 1.165) is 22.5 Å². The van der Waals surface area contributed by atoms with E-state index in [4.69, 9.17) is 0 Å². The highest BCUT2D eigenvalue weighted by Gasteiger charge is 2.18. The summed E-state index contributed by atoms with van der Waals surface area (Å²) in [6.07, 6.45) is 5.21. The molecule has 17 heavy (non-hydrogen) atoms. The summed E-state index contributed by atoms with van der Waals surface area (Å²) >= 11 is 3.40. The monoisotopic (exact) mass is 299 g/mol. The lowest BCUT2D eigenvalue weighted by molar-refractivity contribution is 0.300. The fraction of sp³-hybridized carbons (Fsp3) is 0.571. The first kappa shape index (κ1) is 13.0. The number of nitrogens with one attached hydrogen (secondary N) is 1. The van der Waals surface area contributed by atoms with Gasteiger partial charge in [-0.2, -0.15) is 0 Å². The third-order valence-electron chi connectivity index (χ3n) is 3.53. The number of hydrogen-bond donors (Lipinski definition) is 1. The van der Waals surface area contributed by atoms with Crippen LogP contribution in [0.4, 0.5) is 4.39 Å². The summed E-state index contributed by atoms with van der Waals surface area (Å²) < 4.78 is 13.8. The zero-order valence-corrected chi connectivity index (χ0v) is 11.8. The minimum absolute atomic E-state index is 0.188. The Bertz CT molecular complexity index is 380. The van der Waals surface area contributed by atoms with Crippen LogP contribution in [0.3, 0.4) is 0 Å². The van der Waals surface area contributed by atoms with Crippen LogP contribution in [-0.2, 0) is 6.54 Å². The van der Waals surface area contributed by atoms with Crippen LogP contribution >= 0.6 is 15.9 Å². The van der Waals surface area contributed by atoms with Crippen molar-refractivity contribution in [1.29, 1.82) is 0 Å². The molecule has 0 saturated heterocycles. The molecule has 1 aliphatic rings. The van der Waals surface area contributed by atoms with Crippen molar-refractivity contribution < 1.29 is 4.39 Å². The zero-order chi connectivity index (χ0) is 12.3. The fourth-order valence-electron chi connectivity index (χ4n) is 2.54. The summed E-state index contributed by atoms with van der Waals surface area (Å²) in [7, 11) is 0. The maximum Gasteiger partial charge on any atom is 0.124 e. The second-order valence-electron chi connectivity index (χ2n) is 5.09. The first-order valence-corrected chi connectivity index (χ1v) is 7.12. The van der Waals surface area contributed by atoms with Gasteiger partial charge in [-0.05, 0) is 36.5 Å². The molecule has 2 unspecified atom stereocenters. The molecule has 94 valence electrons. The molecule has 0 radical (unpaired) electrons. The summed E-state index contributed by atoms with van der Waals surface area (Å²) in [5.41, 5.74) is 1.13. The maximum absolute atomic E-state index is 12.9. The highest BCUT2D eigenvalue weighted by Crippen LogP contribution is 2.24. The summed E-state index contributed by atoms with van der Waals surface area (Å²) in [5.74, 6) is 0.643. The average molecular weight is 300 g/mol. The molecule has 0 aliphatic heterocycles. The first-order chi connectivity index (χ1) is 8.15. The summed E-state index contributed by atoms with van der Waals surface area (Å²) in [6.45, 7) is 3.14. The number of halogens is 2. The lowest BCUT2D eigenvalue weighted by Gasteiger charge is -2.27.